The molecule has 1 heterocycles. The zero-order valence-corrected chi connectivity index (χ0v) is 16.3. The number of hydrogen-bond donors (Lipinski definition) is 1. The second-order valence-corrected chi connectivity index (χ2v) is 8.51. The number of sulfonamides is 1. The lowest BCUT2D eigenvalue weighted by Gasteiger charge is -2.26. The molecule has 1 N–H and O–H groups in total. The van der Waals surface area contributed by atoms with Gasteiger partial charge in [0.05, 0.1) is 7.11 Å². The summed E-state index contributed by atoms with van der Waals surface area (Å²) < 4.78 is 46.0. The normalized spacial score (nSPS) is 15.6. The number of nitrogens with zero attached hydrogens (tertiary/aromatic N) is 1. The van der Waals surface area contributed by atoms with Crippen LogP contribution in [0.1, 0.15) is 30.4 Å². The molecule has 1 saturated heterocycles. The minimum absolute atomic E-state index is 0.112. The van der Waals surface area contributed by atoms with Crippen molar-refractivity contribution in [3.63, 3.8) is 0 Å². The average Bonchev–Trinajstić information content (AvgIpc) is 2.68. The highest BCUT2D eigenvalue weighted by molar-refractivity contribution is 7.89. The summed E-state index contributed by atoms with van der Waals surface area (Å²) in [6, 6.07) is 11.3. The summed E-state index contributed by atoms with van der Waals surface area (Å²) in [5.41, 5.74) is 2.06. The van der Waals surface area contributed by atoms with Crippen LogP contribution in [0, 0.1) is 5.82 Å². The van der Waals surface area contributed by atoms with Crippen LogP contribution in [-0.2, 0) is 23.1 Å². The summed E-state index contributed by atoms with van der Waals surface area (Å²) in [7, 11) is -2.53. The van der Waals surface area contributed by atoms with E-state index in [9.17, 15) is 12.8 Å². The molecule has 0 unspecified atom stereocenters. The van der Waals surface area contributed by atoms with Crippen molar-refractivity contribution in [3.8, 4) is 5.75 Å². The maximum atomic E-state index is 13.5. The van der Waals surface area contributed by atoms with E-state index in [0.717, 1.165) is 31.3 Å². The molecule has 5 nitrogen and oxygen atoms in total. The second-order valence-electron chi connectivity index (χ2n) is 6.77. The van der Waals surface area contributed by atoms with Crippen molar-refractivity contribution < 1.29 is 17.5 Å². The van der Waals surface area contributed by atoms with Crippen molar-refractivity contribution in [1.29, 1.82) is 0 Å². The molecule has 146 valence electrons. The number of piperidine rings is 1. The summed E-state index contributed by atoms with van der Waals surface area (Å²) in [5.74, 6) is -0.515. The van der Waals surface area contributed by atoms with Gasteiger partial charge in [0.2, 0.25) is 10.0 Å². The lowest BCUT2D eigenvalue weighted by molar-refractivity contribution is 0.221. The molecule has 2 aromatic rings. The van der Waals surface area contributed by atoms with E-state index < -0.39 is 15.8 Å². The van der Waals surface area contributed by atoms with Crippen molar-refractivity contribution in [3.05, 3.63) is 59.4 Å². The Kier molecular flexibility index (Phi) is 6.46. The zero-order chi connectivity index (χ0) is 19.3. The van der Waals surface area contributed by atoms with Crippen LogP contribution in [0.2, 0.25) is 0 Å². The van der Waals surface area contributed by atoms with Gasteiger partial charge in [-0.1, -0.05) is 30.7 Å². The summed E-state index contributed by atoms with van der Waals surface area (Å²) in [5, 5.41) is 0. The van der Waals surface area contributed by atoms with Gasteiger partial charge in [0.15, 0.2) is 0 Å². The highest BCUT2D eigenvalue weighted by atomic mass is 32.2. The number of methoxy groups -OCH3 is 1. The van der Waals surface area contributed by atoms with E-state index in [1.165, 1.54) is 44.1 Å². The van der Waals surface area contributed by atoms with Crippen LogP contribution in [0.3, 0.4) is 0 Å². The largest absolute Gasteiger partial charge is 0.495 e. The molecule has 27 heavy (non-hydrogen) atoms. The minimum atomic E-state index is -3.88. The van der Waals surface area contributed by atoms with E-state index in [4.69, 9.17) is 4.74 Å². The Bertz CT molecular complexity index is 863. The third kappa shape index (κ3) is 5.28. The van der Waals surface area contributed by atoms with Crippen LogP contribution >= 0.6 is 0 Å². The predicted octanol–water partition coefficient (Wildman–Crippen LogP) is 3.30. The van der Waals surface area contributed by atoms with Crippen LogP contribution < -0.4 is 9.46 Å². The van der Waals surface area contributed by atoms with Crippen molar-refractivity contribution in [2.75, 3.05) is 20.2 Å². The number of ether oxygens (including phenoxy) is 1. The molecule has 0 amide bonds. The number of halogens is 1. The molecule has 1 aliphatic rings. The summed E-state index contributed by atoms with van der Waals surface area (Å²) in [4.78, 5) is 2.24. The van der Waals surface area contributed by atoms with E-state index in [2.05, 4.69) is 9.62 Å². The van der Waals surface area contributed by atoms with Gasteiger partial charge in [0.25, 0.3) is 0 Å². The Morgan fingerprint density at radius 2 is 1.70 bits per heavy atom. The van der Waals surface area contributed by atoms with Gasteiger partial charge in [0, 0.05) is 13.1 Å². The monoisotopic (exact) mass is 392 g/mol. The van der Waals surface area contributed by atoms with Gasteiger partial charge in [-0.25, -0.2) is 17.5 Å². The smallest absolute Gasteiger partial charge is 0.244 e. The standard InChI is InChI=1S/C20H25FN2O3S/c1-26-19-10-9-18(21)13-20(19)27(24,25)22-14-16-5-7-17(8-6-16)15-23-11-3-2-4-12-23/h5-10,13,22H,2-4,11-12,14-15H2,1H3. The molecule has 1 fully saturated rings. The fourth-order valence-electron chi connectivity index (χ4n) is 3.25. The van der Waals surface area contributed by atoms with Crippen molar-refractivity contribution >= 4 is 10.0 Å². The summed E-state index contributed by atoms with van der Waals surface area (Å²) in [6.07, 6.45) is 3.82. The molecule has 0 radical (unpaired) electrons. The Balaban J connectivity index is 1.63. The number of benzene rings is 2. The topological polar surface area (TPSA) is 58.6 Å². The van der Waals surface area contributed by atoms with Gasteiger partial charge >= 0.3 is 0 Å². The molecule has 0 aliphatic carbocycles. The van der Waals surface area contributed by atoms with Crippen molar-refractivity contribution in [2.45, 2.75) is 37.2 Å². The highest BCUT2D eigenvalue weighted by Gasteiger charge is 2.20. The number of likely N-dealkylation sites (tertiary alicyclic amines) is 1. The van der Waals surface area contributed by atoms with Crippen LogP contribution in [0.25, 0.3) is 0 Å². The van der Waals surface area contributed by atoms with Gasteiger partial charge in [-0.05, 0) is 55.3 Å². The summed E-state index contributed by atoms with van der Waals surface area (Å²) >= 11 is 0. The number of nitrogens with one attached hydrogen (secondary N) is 1. The molecule has 0 saturated carbocycles. The molecule has 0 atom stereocenters. The molecular formula is C20H25FN2O3S. The fourth-order valence-corrected chi connectivity index (χ4v) is 4.45. The SMILES string of the molecule is COc1ccc(F)cc1S(=O)(=O)NCc1ccc(CN2CCCCC2)cc1. The van der Waals surface area contributed by atoms with Crippen LogP contribution in [-0.4, -0.2) is 33.5 Å². The van der Waals surface area contributed by atoms with E-state index in [1.807, 2.05) is 24.3 Å². The number of rotatable bonds is 7. The first-order valence-electron chi connectivity index (χ1n) is 9.11. The van der Waals surface area contributed by atoms with Gasteiger partial charge in [0.1, 0.15) is 16.5 Å². The Morgan fingerprint density at radius 3 is 2.37 bits per heavy atom. The second kappa shape index (κ2) is 8.82. The van der Waals surface area contributed by atoms with Gasteiger partial charge < -0.3 is 4.74 Å². The maximum Gasteiger partial charge on any atom is 0.244 e. The average molecular weight is 392 g/mol. The maximum absolute atomic E-state index is 13.5. The first-order valence-corrected chi connectivity index (χ1v) is 10.6. The van der Waals surface area contributed by atoms with Gasteiger partial charge in [-0.2, -0.15) is 0 Å². The highest BCUT2D eigenvalue weighted by Crippen LogP contribution is 2.24. The molecule has 7 heteroatoms. The van der Waals surface area contributed by atoms with Crippen molar-refractivity contribution in [2.24, 2.45) is 0 Å². The molecular weight excluding hydrogens is 367 g/mol. The molecule has 0 aromatic heterocycles. The lowest BCUT2D eigenvalue weighted by atomic mass is 10.1. The van der Waals surface area contributed by atoms with E-state index in [0.29, 0.717) is 0 Å². The Morgan fingerprint density at radius 1 is 1.04 bits per heavy atom. The van der Waals surface area contributed by atoms with Crippen LogP contribution in [0.4, 0.5) is 4.39 Å². The van der Waals surface area contributed by atoms with E-state index >= 15 is 0 Å². The van der Waals surface area contributed by atoms with Gasteiger partial charge in [-0.15, -0.1) is 0 Å². The molecule has 0 spiro atoms. The van der Waals surface area contributed by atoms with Crippen LogP contribution in [0.5, 0.6) is 5.75 Å². The number of hydrogen-bond acceptors (Lipinski definition) is 4. The molecule has 3 rings (SSSR count). The molecule has 0 bridgehead atoms. The third-order valence-electron chi connectivity index (χ3n) is 4.76. The Hall–Kier alpha value is -1.96. The lowest BCUT2D eigenvalue weighted by Crippen LogP contribution is -2.29. The predicted molar refractivity (Wildman–Crippen MR) is 103 cm³/mol. The zero-order valence-electron chi connectivity index (χ0n) is 15.4. The molecule has 2 aromatic carbocycles. The van der Waals surface area contributed by atoms with Crippen LogP contribution in [0.15, 0.2) is 47.4 Å². The fraction of sp³-hybridized carbons (Fsp3) is 0.400. The third-order valence-corrected chi connectivity index (χ3v) is 6.18. The summed E-state index contributed by atoms with van der Waals surface area (Å²) in [6.45, 7) is 3.33. The Labute approximate surface area is 160 Å². The minimum Gasteiger partial charge on any atom is -0.495 e. The quantitative estimate of drug-likeness (QED) is 0.786. The molecule has 1 aliphatic heterocycles. The first kappa shape index (κ1) is 19.8. The van der Waals surface area contributed by atoms with E-state index in [1.54, 1.807) is 0 Å². The van der Waals surface area contributed by atoms with Crippen molar-refractivity contribution in [1.82, 2.24) is 9.62 Å². The van der Waals surface area contributed by atoms with Gasteiger partial charge in [-0.3, -0.25) is 4.90 Å². The van der Waals surface area contributed by atoms with E-state index in [-0.39, 0.29) is 17.2 Å². The first-order chi connectivity index (χ1) is 13.0.